The first-order valence-electron chi connectivity index (χ1n) is 6.09. The Bertz CT molecular complexity index is 484. The van der Waals surface area contributed by atoms with Crippen LogP contribution in [-0.4, -0.2) is 42.4 Å². The molecule has 5 N–H and O–H groups in total. The maximum atomic E-state index is 9.72. The fraction of sp³-hybridized carbons (Fsp3) is 0.385. The van der Waals surface area contributed by atoms with Crippen molar-refractivity contribution in [2.45, 2.75) is 6.10 Å². The van der Waals surface area contributed by atoms with E-state index in [1.165, 1.54) is 0 Å². The molecule has 0 aliphatic carbocycles. The van der Waals surface area contributed by atoms with E-state index >= 15 is 0 Å². The molecule has 0 bridgehead atoms. The quantitative estimate of drug-likeness (QED) is 0.537. The highest BCUT2D eigenvalue weighted by Crippen LogP contribution is 2.24. The Morgan fingerprint density at radius 1 is 1.39 bits per heavy atom. The zero-order chi connectivity index (χ0) is 12.8. The first kappa shape index (κ1) is 12.9. The predicted molar refractivity (Wildman–Crippen MR) is 71.7 cm³/mol. The van der Waals surface area contributed by atoms with Crippen LogP contribution >= 0.6 is 0 Å². The van der Waals surface area contributed by atoms with Gasteiger partial charge in [-0.25, -0.2) is 0 Å². The maximum absolute atomic E-state index is 9.72. The number of aliphatic hydroxyl groups excluding tert-OH is 1. The lowest BCUT2D eigenvalue weighted by Gasteiger charge is -2.13. The Morgan fingerprint density at radius 2 is 2.28 bits per heavy atom. The van der Waals surface area contributed by atoms with Gasteiger partial charge < -0.3 is 25.9 Å². The van der Waals surface area contributed by atoms with Crippen molar-refractivity contribution in [1.82, 2.24) is 10.3 Å². The highest BCUT2D eigenvalue weighted by molar-refractivity contribution is 5.85. The van der Waals surface area contributed by atoms with E-state index in [0.29, 0.717) is 19.6 Å². The number of aromatic nitrogens is 1. The molecule has 0 spiro atoms. The number of aromatic amines is 1. The molecule has 5 heteroatoms. The monoisotopic (exact) mass is 249 g/mol. The van der Waals surface area contributed by atoms with Crippen molar-refractivity contribution in [3.8, 4) is 5.75 Å². The number of fused-ring (bicyclic) bond motifs is 1. The number of hydrogen-bond donors (Lipinski definition) is 4. The summed E-state index contributed by atoms with van der Waals surface area (Å²) in [5, 5.41) is 13.8. The molecule has 0 aliphatic heterocycles. The van der Waals surface area contributed by atoms with Crippen LogP contribution in [0.1, 0.15) is 0 Å². The van der Waals surface area contributed by atoms with E-state index in [4.69, 9.17) is 10.5 Å². The highest BCUT2D eigenvalue weighted by atomic mass is 16.5. The molecule has 0 saturated heterocycles. The summed E-state index contributed by atoms with van der Waals surface area (Å²) in [6.07, 6.45) is 1.34. The van der Waals surface area contributed by atoms with Gasteiger partial charge in [0.2, 0.25) is 0 Å². The van der Waals surface area contributed by atoms with Crippen LogP contribution in [0.3, 0.4) is 0 Å². The van der Waals surface area contributed by atoms with E-state index in [-0.39, 0.29) is 6.61 Å². The largest absolute Gasteiger partial charge is 0.490 e. The normalized spacial score (nSPS) is 12.8. The molecule has 0 radical (unpaired) electrons. The molecule has 5 nitrogen and oxygen atoms in total. The van der Waals surface area contributed by atoms with Crippen LogP contribution in [0.5, 0.6) is 5.75 Å². The fourth-order valence-electron chi connectivity index (χ4n) is 1.80. The fourth-order valence-corrected chi connectivity index (χ4v) is 1.80. The number of benzene rings is 1. The first-order chi connectivity index (χ1) is 8.81. The number of nitrogens with two attached hydrogens (primary N) is 1. The van der Waals surface area contributed by atoms with E-state index < -0.39 is 6.10 Å². The third-order valence-corrected chi connectivity index (χ3v) is 2.69. The van der Waals surface area contributed by atoms with Crippen LogP contribution in [0.25, 0.3) is 10.9 Å². The maximum Gasteiger partial charge on any atom is 0.128 e. The Kier molecular flexibility index (Phi) is 4.58. The van der Waals surface area contributed by atoms with Crippen LogP contribution in [0.2, 0.25) is 0 Å². The zero-order valence-corrected chi connectivity index (χ0v) is 10.2. The Balaban J connectivity index is 1.88. The summed E-state index contributed by atoms with van der Waals surface area (Å²) in [6, 6.07) is 7.77. The molecule has 1 heterocycles. The minimum atomic E-state index is -0.536. The number of ether oxygens (including phenoxy) is 1. The minimum absolute atomic E-state index is 0.266. The van der Waals surface area contributed by atoms with Crippen molar-refractivity contribution in [1.29, 1.82) is 0 Å². The lowest BCUT2D eigenvalue weighted by atomic mass is 10.2. The summed E-state index contributed by atoms with van der Waals surface area (Å²) >= 11 is 0. The van der Waals surface area contributed by atoms with Crippen molar-refractivity contribution >= 4 is 10.9 Å². The standard InChI is InChI=1S/C13H19N3O2/c14-5-7-15-8-10(17)9-18-13-3-1-2-12-11(13)4-6-16-12/h1-4,6,10,15-17H,5,7-9,14H2. The van der Waals surface area contributed by atoms with Gasteiger partial charge in [-0.05, 0) is 18.2 Å². The zero-order valence-electron chi connectivity index (χ0n) is 10.2. The van der Waals surface area contributed by atoms with Crippen LogP contribution < -0.4 is 15.8 Å². The van der Waals surface area contributed by atoms with Crippen molar-refractivity contribution in [3.05, 3.63) is 30.5 Å². The smallest absolute Gasteiger partial charge is 0.128 e. The van der Waals surface area contributed by atoms with E-state index in [0.717, 1.165) is 16.7 Å². The molecule has 1 aromatic carbocycles. The predicted octanol–water partition coefficient (Wildman–Crippen LogP) is 0.456. The average molecular weight is 249 g/mol. The molecule has 1 unspecified atom stereocenters. The molecule has 0 aliphatic rings. The van der Waals surface area contributed by atoms with Gasteiger partial charge in [0.05, 0.1) is 0 Å². The van der Waals surface area contributed by atoms with E-state index in [9.17, 15) is 5.11 Å². The van der Waals surface area contributed by atoms with Crippen molar-refractivity contribution in [2.75, 3.05) is 26.2 Å². The van der Waals surface area contributed by atoms with Crippen LogP contribution in [-0.2, 0) is 0 Å². The summed E-state index contributed by atoms with van der Waals surface area (Å²) in [7, 11) is 0. The van der Waals surface area contributed by atoms with Gasteiger partial charge in [-0.15, -0.1) is 0 Å². The molecule has 1 aromatic heterocycles. The highest BCUT2D eigenvalue weighted by Gasteiger charge is 2.07. The third kappa shape index (κ3) is 3.22. The van der Waals surface area contributed by atoms with Gasteiger partial charge in [0.15, 0.2) is 0 Å². The Hall–Kier alpha value is -1.56. The van der Waals surface area contributed by atoms with Crippen molar-refractivity contribution < 1.29 is 9.84 Å². The number of rotatable bonds is 7. The molecule has 98 valence electrons. The van der Waals surface area contributed by atoms with Crippen molar-refractivity contribution in [2.24, 2.45) is 5.73 Å². The third-order valence-electron chi connectivity index (χ3n) is 2.69. The van der Waals surface area contributed by atoms with Gasteiger partial charge in [-0.3, -0.25) is 0 Å². The van der Waals surface area contributed by atoms with Crippen LogP contribution in [0, 0.1) is 0 Å². The minimum Gasteiger partial charge on any atom is -0.490 e. The molecule has 1 atom stereocenters. The molecule has 18 heavy (non-hydrogen) atoms. The summed E-state index contributed by atoms with van der Waals surface area (Å²) in [5.74, 6) is 0.784. The molecular formula is C13H19N3O2. The van der Waals surface area contributed by atoms with Crippen molar-refractivity contribution in [3.63, 3.8) is 0 Å². The number of nitrogens with one attached hydrogen (secondary N) is 2. The van der Waals surface area contributed by atoms with E-state index in [2.05, 4.69) is 10.3 Å². The topological polar surface area (TPSA) is 83.3 Å². The van der Waals surface area contributed by atoms with Crippen LogP contribution in [0.4, 0.5) is 0 Å². The summed E-state index contributed by atoms with van der Waals surface area (Å²) in [4.78, 5) is 3.12. The average Bonchev–Trinajstić information content (AvgIpc) is 2.85. The SMILES string of the molecule is NCCNCC(O)COc1cccc2[nH]ccc12. The first-order valence-corrected chi connectivity index (χ1v) is 6.09. The van der Waals surface area contributed by atoms with Gasteiger partial charge in [-0.1, -0.05) is 6.07 Å². The number of hydrogen-bond acceptors (Lipinski definition) is 4. The van der Waals surface area contributed by atoms with Gasteiger partial charge in [-0.2, -0.15) is 0 Å². The van der Waals surface area contributed by atoms with E-state index in [1.54, 1.807) is 0 Å². The summed E-state index contributed by atoms with van der Waals surface area (Å²) in [6.45, 7) is 2.02. The van der Waals surface area contributed by atoms with Gasteiger partial charge in [0.25, 0.3) is 0 Å². The van der Waals surface area contributed by atoms with E-state index in [1.807, 2.05) is 30.5 Å². The lowest BCUT2D eigenvalue weighted by molar-refractivity contribution is 0.107. The second-order valence-corrected chi connectivity index (χ2v) is 4.15. The second-order valence-electron chi connectivity index (χ2n) is 4.15. The molecule has 2 rings (SSSR count). The summed E-state index contributed by atoms with van der Waals surface area (Å²) < 4.78 is 5.63. The molecule has 0 saturated carbocycles. The second kappa shape index (κ2) is 6.39. The lowest BCUT2D eigenvalue weighted by Crippen LogP contribution is -2.34. The van der Waals surface area contributed by atoms with Gasteiger partial charge >= 0.3 is 0 Å². The molecular weight excluding hydrogens is 230 g/mol. The molecule has 2 aromatic rings. The Labute approximate surface area is 106 Å². The number of H-pyrrole nitrogens is 1. The molecule has 0 fully saturated rings. The number of aliphatic hydroxyl groups is 1. The van der Waals surface area contributed by atoms with Gasteiger partial charge in [0.1, 0.15) is 18.5 Å². The van der Waals surface area contributed by atoms with Gasteiger partial charge in [0, 0.05) is 36.7 Å². The Morgan fingerprint density at radius 3 is 3.11 bits per heavy atom. The van der Waals surface area contributed by atoms with Crippen LogP contribution in [0.15, 0.2) is 30.5 Å². The summed E-state index contributed by atoms with van der Waals surface area (Å²) in [5.41, 5.74) is 6.38. The molecule has 0 amide bonds.